The topological polar surface area (TPSA) is 69.7 Å². The van der Waals surface area contributed by atoms with Gasteiger partial charge in [-0.15, -0.1) is 0 Å². The Balaban J connectivity index is 2.05. The Labute approximate surface area is 163 Å². The van der Waals surface area contributed by atoms with Crippen LogP contribution in [0.3, 0.4) is 0 Å². The number of hydrogen-bond donors (Lipinski definition) is 1. The number of likely N-dealkylation sites (N-methyl/N-ethyl adjacent to an activating group) is 1. The number of piperidine rings is 1. The van der Waals surface area contributed by atoms with Crippen molar-refractivity contribution in [2.75, 3.05) is 26.2 Å². The Morgan fingerprint density at radius 1 is 1.18 bits per heavy atom. The summed E-state index contributed by atoms with van der Waals surface area (Å²) in [5, 5.41) is 2.89. The summed E-state index contributed by atoms with van der Waals surface area (Å²) in [7, 11) is -5.32. The lowest BCUT2D eigenvalue weighted by Gasteiger charge is -2.34. The quantitative estimate of drug-likeness (QED) is 0.735. The molecule has 1 atom stereocenters. The van der Waals surface area contributed by atoms with Crippen LogP contribution in [0.4, 0.5) is 13.2 Å². The zero-order valence-corrected chi connectivity index (χ0v) is 16.8. The molecule has 0 aromatic heterocycles. The van der Waals surface area contributed by atoms with Gasteiger partial charge in [0, 0.05) is 19.1 Å². The Morgan fingerprint density at radius 3 is 2.18 bits per heavy atom. The zero-order valence-electron chi connectivity index (χ0n) is 15.9. The summed E-state index contributed by atoms with van der Waals surface area (Å²) in [6, 6.07) is 8.40. The molecule has 158 valence electrons. The van der Waals surface area contributed by atoms with Gasteiger partial charge in [0.2, 0.25) is 5.91 Å². The molecule has 1 saturated heterocycles. The van der Waals surface area contributed by atoms with E-state index >= 15 is 0 Å². The van der Waals surface area contributed by atoms with Gasteiger partial charge in [-0.1, -0.05) is 44.2 Å². The fourth-order valence-corrected chi connectivity index (χ4v) is 4.40. The van der Waals surface area contributed by atoms with Gasteiger partial charge in [0.1, 0.15) is 6.04 Å². The number of alkyl halides is 3. The highest BCUT2D eigenvalue weighted by Gasteiger charge is 2.50. The molecule has 1 heterocycles. The van der Waals surface area contributed by atoms with Crippen LogP contribution in [0.15, 0.2) is 30.3 Å². The molecule has 1 aromatic rings. The van der Waals surface area contributed by atoms with E-state index in [1.807, 2.05) is 49.1 Å². The van der Waals surface area contributed by atoms with Crippen molar-refractivity contribution >= 4 is 15.9 Å². The highest BCUT2D eigenvalue weighted by atomic mass is 32.2. The minimum absolute atomic E-state index is 0.140. The van der Waals surface area contributed by atoms with Crippen molar-refractivity contribution in [3.05, 3.63) is 35.9 Å². The van der Waals surface area contributed by atoms with Crippen LogP contribution >= 0.6 is 0 Å². The van der Waals surface area contributed by atoms with Crippen molar-refractivity contribution in [3.63, 3.8) is 0 Å². The number of rotatable bonds is 7. The van der Waals surface area contributed by atoms with E-state index in [2.05, 4.69) is 5.32 Å². The summed E-state index contributed by atoms with van der Waals surface area (Å²) in [6.45, 7) is 4.68. The molecule has 1 amide bonds. The van der Waals surface area contributed by atoms with Crippen molar-refractivity contribution in [2.24, 2.45) is 0 Å². The molecule has 1 fully saturated rings. The molecule has 0 aliphatic carbocycles. The van der Waals surface area contributed by atoms with Gasteiger partial charge in [-0.05, 0) is 31.5 Å². The molecule has 28 heavy (non-hydrogen) atoms. The monoisotopic (exact) mass is 421 g/mol. The maximum Gasteiger partial charge on any atom is 0.511 e. The van der Waals surface area contributed by atoms with E-state index in [-0.39, 0.29) is 37.9 Å². The number of nitrogens with one attached hydrogen (secondary N) is 1. The number of nitrogens with zero attached hydrogens (tertiary/aromatic N) is 2. The summed E-state index contributed by atoms with van der Waals surface area (Å²) in [6.07, 6.45) is 0.279. The second-order valence-electron chi connectivity index (χ2n) is 6.67. The summed E-state index contributed by atoms with van der Waals surface area (Å²) in [5.74, 6) is -0.230. The number of amides is 1. The first-order valence-corrected chi connectivity index (χ1v) is 10.7. The summed E-state index contributed by atoms with van der Waals surface area (Å²) >= 11 is 0. The van der Waals surface area contributed by atoms with E-state index in [0.29, 0.717) is 17.4 Å². The van der Waals surface area contributed by atoms with Gasteiger partial charge in [0.25, 0.3) is 0 Å². The molecular formula is C18H26F3N3O3S. The third-order valence-electron chi connectivity index (χ3n) is 4.97. The molecule has 1 N–H and O–H groups in total. The number of benzene rings is 1. The van der Waals surface area contributed by atoms with E-state index in [1.54, 1.807) is 0 Å². The van der Waals surface area contributed by atoms with Gasteiger partial charge < -0.3 is 5.32 Å². The van der Waals surface area contributed by atoms with Crippen molar-refractivity contribution in [1.82, 2.24) is 14.5 Å². The number of carbonyl (C=O) groups is 1. The first-order valence-electron chi connectivity index (χ1n) is 9.27. The lowest BCUT2D eigenvalue weighted by Crippen LogP contribution is -2.51. The van der Waals surface area contributed by atoms with Crippen LogP contribution in [0, 0.1) is 0 Å². The lowest BCUT2D eigenvalue weighted by atomic mass is 10.0. The molecular weight excluding hydrogens is 395 g/mol. The smallest absolute Gasteiger partial charge is 0.352 e. The van der Waals surface area contributed by atoms with Crippen molar-refractivity contribution in [2.45, 2.75) is 44.3 Å². The first kappa shape index (κ1) is 22.6. The van der Waals surface area contributed by atoms with Gasteiger partial charge in [-0.2, -0.15) is 17.5 Å². The van der Waals surface area contributed by atoms with E-state index in [9.17, 15) is 26.4 Å². The molecule has 1 unspecified atom stereocenters. The van der Waals surface area contributed by atoms with E-state index in [0.717, 1.165) is 5.56 Å². The van der Waals surface area contributed by atoms with Crippen molar-refractivity contribution in [3.8, 4) is 0 Å². The van der Waals surface area contributed by atoms with Crippen molar-refractivity contribution < 1.29 is 26.4 Å². The molecule has 1 aromatic carbocycles. The van der Waals surface area contributed by atoms with Gasteiger partial charge >= 0.3 is 15.5 Å². The molecule has 0 spiro atoms. The molecule has 1 aliphatic rings. The van der Waals surface area contributed by atoms with Crippen LogP contribution in [0.5, 0.6) is 0 Å². The van der Waals surface area contributed by atoms with Crippen molar-refractivity contribution in [1.29, 1.82) is 0 Å². The van der Waals surface area contributed by atoms with E-state index in [4.69, 9.17) is 0 Å². The predicted octanol–water partition coefficient (Wildman–Crippen LogP) is 2.50. The largest absolute Gasteiger partial charge is 0.511 e. The Morgan fingerprint density at radius 2 is 1.71 bits per heavy atom. The van der Waals surface area contributed by atoms with Gasteiger partial charge in [0.05, 0.1) is 0 Å². The number of sulfonamides is 1. The Hall–Kier alpha value is -1.65. The zero-order chi connectivity index (χ0) is 20.9. The fraction of sp³-hybridized carbons (Fsp3) is 0.611. The average molecular weight is 421 g/mol. The molecule has 0 radical (unpaired) electrons. The van der Waals surface area contributed by atoms with Gasteiger partial charge in [0.15, 0.2) is 0 Å². The minimum atomic E-state index is -5.32. The average Bonchev–Trinajstić information content (AvgIpc) is 2.66. The number of halogens is 3. The predicted molar refractivity (Wildman–Crippen MR) is 99.8 cm³/mol. The maximum atomic E-state index is 12.9. The lowest BCUT2D eigenvalue weighted by molar-refractivity contribution is -0.127. The molecule has 0 bridgehead atoms. The molecule has 1 aliphatic heterocycles. The van der Waals surface area contributed by atoms with E-state index in [1.165, 1.54) is 0 Å². The second-order valence-corrected chi connectivity index (χ2v) is 8.60. The highest BCUT2D eigenvalue weighted by molar-refractivity contribution is 7.90. The van der Waals surface area contributed by atoms with Gasteiger partial charge in [-0.3, -0.25) is 9.69 Å². The summed E-state index contributed by atoms with van der Waals surface area (Å²) in [4.78, 5) is 14.9. The normalized spacial score (nSPS) is 18.2. The molecule has 10 heteroatoms. The Kier molecular flexibility index (Phi) is 7.46. The second kappa shape index (κ2) is 9.23. The molecule has 6 nitrogen and oxygen atoms in total. The highest BCUT2D eigenvalue weighted by Crippen LogP contribution is 2.29. The summed E-state index contributed by atoms with van der Waals surface area (Å²) < 4.78 is 61.5. The maximum absolute atomic E-state index is 12.9. The molecule has 0 saturated carbocycles. The third kappa shape index (κ3) is 5.03. The fourth-order valence-electron chi connectivity index (χ4n) is 3.42. The van der Waals surface area contributed by atoms with Crippen LogP contribution in [0.2, 0.25) is 0 Å². The van der Waals surface area contributed by atoms with E-state index < -0.39 is 21.6 Å². The van der Waals surface area contributed by atoms with Gasteiger partial charge in [-0.25, -0.2) is 8.42 Å². The van der Waals surface area contributed by atoms with Crippen LogP contribution < -0.4 is 5.32 Å². The summed E-state index contributed by atoms with van der Waals surface area (Å²) in [5.41, 5.74) is -4.47. The first-order chi connectivity index (χ1) is 13.1. The SMILES string of the molecule is CCN(CC)C(C(=O)NC1CCN(S(=O)(=O)C(F)(F)F)CC1)c1ccccc1. The van der Waals surface area contributed by atoms with Crippen LogP contribution in [-0.4, -0.2) is 61.3 Å². The number of carbonyl (C=O) groups excluding carboxylic acids is 1. The minimum Gasteiger partial charge on any atom is -0.352 e. The Bertz CT molecular complexity index is 744. The van der Waals surface area contributed by atoms with Crippen LogP contribution in [0.25, 0.3) is 0 Å². The van der Waals surface area contributed by atoms with Crippen LogP contribution in [0.1, 0.15) is 38.3 Å². The third-order valence-corrected chi connectivity index (χ3v) is 6.60. The standard InChI is InChI=1S/C18H26F3N3O3S/c1-3-23(4-2)16(14-8-6-5-7-9-14)17(25)22-15-10-12-24(13-11-15)28(26,27)18(19,20)21/h5-9,15-16H,3-4,10-13H2,1-2H3,(H,22,25). The van der Waals surface area contributed by atoms with Crippen LogP contribution in [-0.2, 0) is 14.8 Å². The molecule has 2 rings (SSSR count). The number of hydrogen-bond acceptors (Lipinski definition) is 4.